The van der Waals surface area contributed by atoms with Gasteiger partial charge in [-0.3, -0.25) is 9.59 Å². The minimum absolute atomic E-state index is 0.168. The molecule has 36 heavy (non-hydrogen) atoms. The molecule has 7 nitrogen and oxygen atoms in total. The van der Waals surface area contributed by atoms with E-state index < -0.39 is 11.9 Å². The standard InChI is InChI=1S/C27H22Cl2N2O5/c1-3-31(36-22-12-11-20(28)15-21(22)29)27(34)24-25(19-6-4-5-17(13-19)14-23(32)33)30-35-26(24)18-9-7-16(2)8-10-18/h4-13,15H,3,14H2,1-2H3,(H,32,33). The van der Waals surface area contributed by atoms with Crippen molar-refractivity contribution in [2.75, 3.05) is 6.54 Å². The van der Waals surface area contributed by atoms with E-state index in [1.165, 1.54) is 6.07 Å². The maximum absolute atomic E-state index is 13.9. The molecule has 0 saturated heterocycles. The quantitative estimate of drug-likeness (QED) is 0.257. The van der Waals surface area contributed by atoms with E-state index in [1.807, 2.05) is 31.2 Å². The molecule has 1 amide bonds. The third kappa shape index (κ3) is 5.53. The lowest BCUT2D eigenvalue weighted by Crippen LogP contribution is -2.34. The zero-order valence-corrected chi connectivity index (χ0v) is 21.0. The normalized spacial score (nSPS) is 10.8. The molecular formula is C27H22Cl2N2O5. The van der Waals surface area contributed by atoms with Crippen LogP contribution in [0, 0.1) is 6.92 Å². The largest absolute Gasteiger partial charge is 0.481 e. The molecule has 0 fully saturated rings. The molecule has 4 rings (SSSR count). The number of hydrogen-bond acceptors (Lipinski definition) is 5. The van der Waals surface area contributed by atoms with Crippen LogP contribution in [0.4, 0.5) is 0 Å². The number of carboxylic acid groups (broad SMARTS) is 1. The monoisotopic (exact) mass is 524 g/mol. The van der Waals surface area contributed by atoms with Gasteiger partial charge in [0.05, 0.1) is 18.0 Å². The average Bonchev–Trinajstić information content (AvgIpc) is 3.29. The minimum atomic E-state index is -0.964. The van der Waals surface area contributed by atoms with E-state index in [0.717, 1.165) is 10.6 Å². The lowest BCUT2D eigenvalue weighted by molar-refractivity contribution is -0.136. The highest BCUT2D eigenvalue weighted by atomic mass is 35.5. The van der Waals surface area contributed by atoms with Gasteiger partial charge in [-0.25, -0.2) is 0 Å². The maximum atomic E-state index is 13.9. The molecule has 1 N–H and O–H groups in total. The summed E-state index contributed by atoms with van der Waals surface area (Å²) < 4.78 is 5.69. The van der Waals surface area contributed by atoms with E-state index >= 15 is 0 Å². The van der Waals surface area contributed by atoms with Crippen molar-refractivity contribution in [2.24, 2.45) is 0 Å². The summed E-state index contributed by atoms with van der Waals surface area (Å²) in [6.45, 7) is 3.90. The number of aliphatic carboxylic acids is 1. The van der Waals surface area contributed by atoms with Crippen molar-refractivity contribution in [3.8, 4) is 28.3 Å². The smallest absolute Gasteiger partial charge is 0.307 e. The van der Waals surface area contributed by atoms with Crippen molar-refractivity contribution in [1.29, 1.82) is 0 Å². The van der Waals surface area contributed by atoms with Crippen LogP contribution in [0.15, 0.2) is 71.3 Å². The number of carbonyl (C=O) groups excluding carboxylic acids is 1. The van der Waals surface area contributed by atoms with Gasteiger partial charge in [0.2, 0.25) is 0 Å². The number of aromatic nitrogens is 1. The topological polar surface area (TPSA) is 92.9 Å². The summed E-state index contributed by atoms with van der Waals surface area (Å²) in [5.74, 6) is -0.939. The van der Waals surface area contributed by atoms with Crippen LogP contribution in [0.2, 0.25) is 10.0 Å². The second kappa shape index (κ2) is 10.8. The summed E-state index contributed by atoms with van der Waals surface area (Å²) >= 11 is 12.2. The van der Waals surface area contributed by atoms with Gasteiger partial charge in [0, 0.05) is 16.1 Å². The number of benzene rings is 3. The summed E-state index contributed by atoms with van der Waals surface area (Å²) in [5, 5.41) is 15.3. The van der Waals surface area contributed by atoms with Crippen molar-refractivity contribution in [3.05, 3.63) is 93.5 Å². The molecule has 0 bridgehead atoms. The third-order valence-corrected chi connectivity index (χ3v) is 5.92. The predicted molar refractivity (Wildman–Crippen MR) is 137 cm³/mol. The summed E-state index contributed by atoms with van der Waals surface area (Å²) in [4.78, 5) is 31.0. The predicted octanol–water partition coefficient (Wildman–Crippen LogP) is 6.71. The fourth-order valence-electron chi connectivity index (χ4n) is 3.63. The van der Waals surface area contributed by atoms with E-state index in [9.17, 15) is 14.7 Å². The van der Waals surface area contributed by atoms with Crippen LogP contribution in [0.5, 0.6) is 5.75 Å². The summed E-state index contributed by atoms with van der Waals surface area (Å²) in [5.41, 5.74) is 3.26. The number of amides is 1. The first kappa shape index (κ1) is 25.3. The lowest BCUT2D eigenvalue weighted by Gasteiger charge is -2.22. The Hall–Kier alpha value is -3.81. The molecule has 3 aromatic carbocycles. The van der Waals surface area contributed by atoms with Crippen molar-refractivity contribution >= 4 is 35.1 Å². The highest BCUT2D eigenvalue weighted by Crippen LogP contribution is 2.35. The Balaban J connectivity index is 1.81. The third-order valence-electron chi connectivity index (χ3n) is 5.39. The van der Waals surface area contributed by atoms with Crippen LogP contribution in [0.3, 0.4) is 0 Å². The molecule has 0 saturated carbocycles. The van der Waals surface area contributed by atoms with Crippen molar-refractivity contribution < 1.29 is 24.1 Å². The number of rotatable bonds is 8. The Morgan fingerprint density at radius 3 is 2.44 bits per heavy atom. The van der Waals surface area contributed by atoms with Gasteiger partial charge in [-0.2, -0.15) is 5.06 Å². The van der Waals surface area contributed by atoms with Crippen molar-refractivity contribution in [2.45, 2.75) is 20.3 Å². The average molecular weight is 525 g/mol. The van der Waals surface area contributed by atoms with Crippen LogP contribution in [-0.2, 0) is 11.2 Å². The molecule has 9 heteroatoms. The van der Waals surface area contributed by atoms with E-state index in [2.05, 4.69) is 5.16 Å². The number of carboxylic acids is 1. The van der Waals surface area contributed by atoms with Crippen LogP contribution >= 0.6 is 23.2 Å². The number of hydrogen-bond donors (Lipinski definition) is 1. The molecule has 1 aromatic heterocycles. The van der Waals surface area contributed by atoms with Gasteiger partial charge < -0.3 is 14.5 Å². The van der Waals surface area contributed by atoms with Crippen LogP contribution in [-0.4, -0.2) is 33.7 Å². The highest BCUT2D eigenvalue weighted by Gasteiger charge is 2.30. The molecule has 184 valence electrons. The number of halogens is 2. The molecule has 0 aliphatic carbocycles. The second-order valence-electron chi connectivity index (χ2n) is 8.04. The van der Waals surface area contributed by atoms with E-state index in [0.29, 0.717) is 21.7 Å². The summed E-state index contributed by atoms with van der Waals surface area (Å²) in [7, 11) is 0. The fourth-order valence-corrected chi connectivity index (χ4v) is 4.08. The molecule has 0 aliphatic rings. The van der Waals surface area contributed by atoms with Gasteiger partial charge in [-0.1, -0.05) is 76.4 Å². The Kier molecular flexibility index (Phi) is 7.62. The molecule has 0 aliphatic heterocycles. The first-order chi connectivity index (χ1) is 17.3. The molecule has 0 radical (unpaired) electrons. The zero-order chi connectivity index (χ0) is 25.8. The Morgan fingerprint density at radius 1 is 1.03 bits per heavy atom. The Morgan fingerprint density at radius 2 is 1.78 bits per heavy atom. The van der Waals surface area contributed by atoms with Gasteiger partial charge in [0.1, 0.15) is 11.3 Å². The summed E-state index contributed by atoms with van der Waals surface area (Å²) in [6.07, 6.45) is -0.168. The Bertz CT molecular complexity index is 1420. The van der Waals surface area contributed by atoms with Gasteiger partial charge in [0.25, 0.3) is 5.91 Å². The van der Waals surface area contributed by atoms with E-state index in [4.69, 9.17) is 32.6 Å². The molecule has 0 unspecified atom stereocenters. The Labute approximate surface area is 217 Å². The van der Waals surface area contributed by atoms with E-state index in [1.54, 1.807) is 43.3 Å². The minimum Gasteiger partial charge on any atom is -0.481 e. The molecule has 0 spiro atoms. The molecule has 0 atom stereocenters. The molecular weight excluding hydrogens is 503 g/mol. The first-order valence-electron chi connectivity index (χ1n) is 11.1. The first-order valence-corrected chi connectivity index (χ1v) is 11.8. The van der Waals surface area contributed by atoms with Gasteiger partial charge >= 0.3 is 5.97 Å². The molecule has 4 aromatic rings. The number of aryl methyl sites for hydroxylation is 1. The fraction of sp³-hybridized carbons (Fsp3) is 0.148. The van der Waals surface area contributed by atoms with E-state index in [-0.39, 0.29) is 40.8 Å². The summed E-state index contributed by atoms with van der Waals surface area (Å²) in [6, 6.07) is 19.0. The second-order valence-corrected chi connectivity index (χ2v) is 8.88. The van der Waals surface area contributed by atoms with Crippen molar-refractivity contribution in [3.63, 3.8) is 0 Å². The van der Waals surface area contributed by atoms with Gasteiger partial charge in [-0.15, -0.1) is 0 Å². The van der Waals surface area contributed by atoms with Gasteiger partial charge in [0.15, 0.2) is 11.5 Å². The van der Waals surface area contributed by atoms with Crippen LogP contribution < -0.4 is 4.84 Å². The van der Waals surface area contributed by atoms with Crippen LogP contribution in [0.1, 0.15) is 28.4 Å². The maximum Gasteiger partial charge on any atom is 0.307 e. The zero-order valence-electron chi connectivity index (χ0n) is 19.5. The number of nitrogens with zero attached hydrogens (tertiary/aromatic N) is 2. The van der Waals surface area contributed by atoms with Crippen LogP contribution in [0.25, 0.3) is 22.6 Å². The lowest BCUT2D eigenvalue weighted by atomic mass is 9.99. The number of carbonyl (C=O) groups is 2. The van der Waals surface area contributed by atoms with Gasteiger partial charge in [-0.05, 0) is 43.7 Å². The molecule has 1 heterocycles. The highest BCUT2D eigenvalue weighted by molar-refractivity contribution is 6.35. The number of hydroxylamine groups is 2. The SMILES string of the molecule is CCN(Oc1ccc(Cl)cc1Cl)C(=O)c1c(-c2cccc(CC(=O)O)c2)noc1-c1ccc(C)cc1. The van der Waals surface area contributed by atoms with Crippen molar-refractivity contribution in [1.82, 2.24) is 10.2 Å².